The zero-order valence-corrected chi connectivity index (χ0v) is 17.9. The van der Waals surface area contributed by atoms with Crippen LogP contribution in [0.5, 0.6) is 0 Å². The third-order valence-electron chi connectivity index (χ3n) is 5.65. The molecule has 1 fully saturated rings. The maximum absolute atomic E-state index is 13.0. The predicted molar refractivity (Wildman–Crippen MR) is 120 cm³/mol. The molecule has 4 rings (SSSR count). The maximum Gasteiger partial charge on any atom is 0.325 e. The molecule has 1 aliphatic rings. The molecule has 4 amide bonds. The van der Waals surface area contributed by atoms with Crippen LogP contribution in [0.2, 0.25) is 5.02 Å². The maximum atomic E-state index is 13.0. The molecule has 7 heteroatoms. The van der Waals surface area contributed by atoms with E-state index in [1.807, 2.05) is 49.4 Å². The number of hydrogen-bond donors (Lipinski definition) is 2. The van der Waals surface area contributed by atoms with E-state index in [0.29, 0.717) is 10.6 Å². The molecule has 3 aromatic rings. The van der Waals surface area contributed by atoms with Gasteiger partial charge < -0.3 is 10.6 Å². The zero-order valence-electron chi connectivity index (χ0n) is 17.2. The molecule has 0 aliphatic carbocycles. The van der Waals surface area contributed by atoms with E-state index < -0.39 is 23.4 Å². The highest BCUT2D eigenvalue weighted by Crippen LogP contribution is 2.29. The van der Waals surface area contributed by atoms with Crippen LogP contribution in [0.15, 0.2) is 66.7 Å². The minimum atomic E-state index is -1.24. The predicted octanol–water partition coefficient (Wildman–Crippen LogP) is 4.14. The second kappa shape index (κ2) is 8.04. The van der Waals surface area contributed by atoms with Gasteiger partial charge in [-0.05, 0) is 53.9 Å². The Morgan fingerprint density at radius 2 is 1.74 bits per heavy atom. The quantitative estimate of drug-likeness (QED) is 0.591. The molecule has 0 radical (unpaired) electrons. The van der Waals surface area contributed by atoms with E-state index in [2.05, 4.69) is 10.6 Å². The number of nitrogens with one attached hydrogen (secondary N) is 2. The Bertz CT molecular complexity index is 1180. The van der Waals surface area contributed by atoms with Gasteiger partial charge in [-0.15, -0.1) is 0 Å². The van der Waals surface area contributed by atoms with Crippen molar-refractivity contribution in [3.05, 3.63) is 82.9 Å². The monoisotopic (exact) mass is 435 g/mol. The molecule has 1 heterocycles. The molecule has 31 heavy (non-hydrogen) atoms. The molecular weight excluding hydrogens is 414 g/mol. The number of amides is 4. The Morgan fingerprint density at radius 3 is 2.45 bits per heavy atom. The lowest BCUT2D eigenvalue weighted by Crippen LogP contribution is -2.43. The molecule has 6 nitrogen and oxygen atoms in total. The number of carbonyl (C=O) groups is 3. The van der Waals surface area contributed by atoms with Crippen LogP contribution in [-0.2, 0) is 15.1 Å². The van der Waals surface area contributed by atoms with Gasteiger partial charge in [0.2, 0.25) is 5.91 Å². The van der Waals surface area contributed by atoms with E-state index in [0.717, 1.165) is 21.2 Å². The fourth-order valence-corrected chi connectivity index (χ4v) is 3.94. The topological polar surface area (TPSA) is 78.5 Å². The summed E-state index contributed by atoms with van der Waals surface area (Å²) in [5.74, 6) is -0.891. The number of rotatable bonds is 5. The summed E-state index contributed by atoms with van der Waals surface area (Å²) in [6.45, 7) is 3.13. The van der Waals surface area contributed by atoms with Crippen LogP contribution < -0.4 is 10.6 Å². The van der Waals surface area contributed by atoms with Crippen molar-refractivity contribution in [3.8, 4) is 0 Å². The third-order valence-corrected chi connectivity index (χ3v) is 5.90. The zero-order chi connectivity index (χ0) is 22.2. The Morgan fingerprint density at radius 1 is 1.06 bits per heavy atom. The third kappa shape index (κ3) is 3.99. The largest absolute Gasteiger partial charge is 0.348 e. The number of nitrogens with zero attached hydrogens (tertiary/aromatic N) is 1. The van der Waals surface area contributed by atoms with E-state index in [-0.39, 0.29) is 12.6 Å². The molecule has 2 N–H and O–H groups in total. The first-order valence-corrected chi connectivity index (χ1v) is 10.3. The van der Waals surface area contributed by atoms with E-state index in [4.69, 9.17) is 11.6 Å². The Labute approximate surface area is 185 Å². The summed E-state index contributed by atoms with van der Waals surface area (Å²) in [5.41, 5.74) is 0.296. The normalized spacial score (nSPS) is 19.4. The van der Waals surface area contributed by atoms with Gasteiger partial charge in [0.25, 0.3) is 5.91 Å². The molecule has 0 saturated carbocycles. The van der Waals surface area contributed by atoms with Crippen molar-refractivity contribution in [2.24, 2.45) is 0 Å². The fourth-order valence-electron chi connectivity index (χ4n) is 3.81. The van der Waals surface area contributed by atoms with Crippen LogP contribution >= 0.6 is 11.6 Å². The van der Waals surface area contributed by atoms with Gasteiger partial charge in [0.05, 0.1) is 6.04 Å². The average molecular weight is 436 g/mol. The van der Waals surface area contributed by atoms with Gasteiger partial charge in [0.15, 0.2) is 0 Å². The van der Waals surface area contributed by atoms with Crippen molar-refractivity contribution in [1.82, 2.24) is 15.5 Å². The highest BCUT2D eigenvalue weighted by molar-refractivity contribution is 6.30. The van der Waals surface area contributed by atoms with Gasteiger partial charge in [-0.25, -0.2) is 4.79 Å². The van der Waals surface area contributed by atoms with Crippen molar-refractivity contribution in [2.75, 3.05) is 6.54 Å². The molecule has 0 bridgehead atoms. The van der Waals surface area contributed by atoms with E-state index >= 15 is 0 Å². The van der Waals surface area contributed by atoms with Gasteiger partial charge in [-0.2, -0.15) is 0 Å². The smallest absolute Gasteiger partial charge is 0.325 e. The first kappa shape index (κ1) is 20.9. The minimum Gasteiger partial charge on any atom is -0.348 e. The summed E-state index contributed by atoms with van der Waals surface area (Å²) in [6.07, 6.45) is 0. The van der Waals surface area contributed by atoms with E-state index in [1.54, 1.807) is 31.2 Å². The number of carbonyl (C=O) groups excluding carboxylic acids is 3. The number of urea groups is 1. The van der Waals surface area contributed by atoms with Crippen molar-refractivity contribution in [1.29, 1.82) is 0 Å². The van der Waals surface area contributed by atoms with Crippen LogP contribution in [0.4, 0.5) is 4.79 Å². The first-order valence-electron chi connectivity index (χ1n) is 9.96. The minimum absolute atomic E-state index is 0.277. The van der Waals surface area contributed by atoms with Crippen molar-refractivity contribution < 1.29 is 14.4 Å². The molecule has 158 valence electrons. The van der Waals surface area contributed by atoms with Crippen molar-refractivity contribution in [3.63, 3.8) is 0 Å². The summed E-state index contributed by atoms with van der Waals surface area (Å²) < 4.78 is 0. The van der Waals surface area contributed by atoms with Gasteiger partial charge in [0, 0.05) is 5.02 Å². The summed E-state index contributed by atoms with van der Waals surface area (Å²) in [5, 5.41) is 8.29. The highest BCUT2D eigenvalue weighted by atomic mass is 35.5. The van der Waals surface area contributed by atoms with Crippen LogP contribution in [0, 0.1) is 0 Å². The first-order chi connectivity index (χ1) is 14.8. The second-order valence-electron chi connectivity index (χ2n) is 7.85. The van der Waals surface area contributed by atoms with Crippen LogP contribution in [-0.4, -0.2) is 29.3 Å². The number of benzene rings is 3. The van der Waals surface area contributed by atoms with Gasteiger partial charge in [0.1, 0.15) is 12.1 Å². The molecule has 2 atom stereocenters. The fraction of sp³-hybridized carbons (Fsp3) is 0.208. The lowest BCUT2D eigenvalue weighted by Gasteiger charge is -2.22. The van der Waals surface area contributed by atoms with Crippen LogP contribution in [0.1, 0.15) is 31.0 Å². The van der Waals surface area contributed by atoms with Gasteiger partial charge >= 0.3 is 6.03 Å². The second-order valence-corrected chi connectivity index (χ2v) is 8.29. The molecule has 1 aliphatic heterocycles. The van der Waals surface area contributed by atoms with Crippen molar-refractivity contribution >= 4 is 40.2 Å². The number of halogens is 1. The Balaban J connectivity index is 1.45. The lowest BCUT2D eigenvalue weighted by molar-refractivity contribution is -0.135. The Hall–Kier alpha value is -3.38. The standard InChI is InChI=1S/C24H22ClN3O3/c1-15(17-8-7-16-5-3-4-6-18(16)13-17)26-21(29)14-28-22(30)24(2,27-23(28)31)19-9-11-20(25)12-10-19/h3-13,15H,14H2,1-2H3,(H,26,29)(H,27,31). The summed E-state index contributed by atoms with van der Waals surface area (Å²) in [7, 11) is 0. The lowest BCUT2D eigenvalue weighted by atomic mass is 9.92. The number of hydrogen-bond acceptors (Lipinski definition) is 3. The molecule has 1 saturated heterocycles. The van der Waals surface area contributed by atoms with Crippen LogP contribution in [0.25, 0.3) is 10.8 Å². The van der Waals surface area contributed by atoms with E-state index in [1.165, 1.54) is 0 Å². The summed E-state index contributed by atoms with van der Waals surface area (Å²) >= 11 is 5.92. The van der Waals surface area contributed by atoms with Crippen LogP contribution in [0.3, 0.4) is 0 Å². The molecule has 2 unspecified atom stereocenters. The number of fused-ring (bicyclic) bond motifs is 1. The summed E-state index contributed by atoms with van der Waals surface area (Å²) in [4.78, 5) is 39.0. The molecule has 0 aromatic heterocycles. The summed E-state index contributed by atoms with van der Waals surface area (Å²) in [6, 6.07) is 19.8. The van der Waals surface area contributed by atoms with Gasteiger partial charge in [-0.1, -0.05) is 60.1 Å². The van der Waals surface area contributed by atoms with E-state index in [9.17, 15) is 14.4 Å². The molecule has 3 aromatic carbocycles. The van der Waals surface area contributed by atoms with Crippen molar-refractivity contribution in [2.45, 2.75) is 25.4 Å². The number of imide groups is 1. The SMILES string of the molecule is CC(NC(=O)CN1C(=O)NC(C)(c2ccc(Cl)cc2)C1=O)c1ccc2ccccc2c1. The molecular formula is C24H22ClN3O3. The average Bonchev–Trinajstić information content (AvgIpc) is 2.97. The van der Waals surface area contributed by atoms with Gasteiger partial charge in [-0.3, -0.25) is 14.5 Å². The highest BCUT2D eigenvalue weighted by Gasteiger charge is 2.49. The molecule has 0 spiro atoms. The Kier molecular flexibility index (Phi) is 5.41.